The Morgan fingerprint density at radius 3 is 2.76 bits per heavy atom. The largest absolute Gasteiger partial charge is 0.383 e. The number of benzene rings is 1. The maximum atomic E-state index is 6.05. The van der Waals surface area contributed by atoms with E-state index in [1.165, 1.54) is 37.8 Å². The average molecular weight is 502 g/mol. The summed E-state index contributed by atoms with van der Waals surface area (Å²) in [7, 11) is 0. The maximum absolute atomic E-state index is 6.05. The lowest BCUT2D eigenvalue weighted by Crippen LogP contribution is -2.35. The fourth-order valence-corrected chi connectivity index (χ4v) is 5.90. The van der Waals surface area contributed by atoms with Crippen LogP contribution in [0, 0.1) is 5.92 Å². The predicted octanol–water partition coefficient (Wildman–Crippen LogP) is 6.26. The number of imidazole rings is 1. The molecule has 198 valence electrons. The van der Waals surface area contributed by atoms with Crippen LogP contribution in [0.3, 0.4) is 0 Å². The summed E-state index contributed by atoms with van der Waals surface area (Å²) >= 11 is 0. The fraction of sp³-hybridized carbons (Fsp3) is 0.567. The van der Waals surface area contributed by atoms with Gasteiger partial charge in [0.2, 0.25) is 0 Å². The van der Waals surface area contributed by atoms with Crippen LogP contribution in [0.4, 0.5) is 5.82 Å². The number of hydrogen-bond acceptors (Lipinski definition) is 5. The molecule has 0 amide bonds. The number of nitrogens with two attached hydrogens (primary N) is 1. The molecule has 7 nitrogen and oxygen atoms in total. The molecule has 37 heavy (non-hydrogen) atoms. The third-order valence-corrected chi connectivity index (χ3v) is 8.18. The highest BCUT2D eigenvalue weighted by atomic mass is 15.2. The molecular formula is C30H43N7. The lowest BCUT2D eigenvalue weighted by atomic mass is 9.87. The summed E-state index contributed by atoms with van der Waals surface area (Å²) in [6.45, 7) is 13.7. The molecule has 3 heterocycles. The summed E-state index contributed by atoms with van der Waals surface area (Å²) < 4.78 is 2.32. The molecule has 0 saturated heterocycles. The van der Waals surface area contributed by atoms with Crippen LogP contribution >= 0.6 is 0 Å². The summed E-state index contributed by atoms with van der Waals surface area (Å²) in [5.74, 6) is 2.40. The quantitative estimate of drug-likeness (QED) is 0.264. The second kappa shape index (κ2) is 10.4. The van der Waals surface area contributed by atoms with E-state index in [4.69, 9.17) is 10.7 Å². The number of unbranched alkanes of at least 4 members (excludes halogenated alkanes) is 1. The first-order valence-corrected chi connectivity index (χ1v) is 14.0. The lowest BCUT2D eigenvalue weighted by molar-refractivity contribution is 0.183. The number of nitrogens with one attached hydrogen (secondary N) is 1. The van der Waals surface area contributed by atoms with Crippen molar-refractivity contribution in [2.45, 2.75) is 90.6 Å². The van der Waals surface area contributed by atoms with E-state index in [0.717, 1.165) is 53.2 Å². The van der Waals surface area contributed by atoms with Gasteiger partial charge in [-0.05, 0) is 87.6 Å². The third-order valence-electron chi connectivity index (χ3n) is 8.18. The number of aryl methyl sites for hydroxylation is 1. The van der Waals surface area contributed by atoms with Crippen LogP contribution in [0.5, 0.6) is 0 Å². The number of aromatic amines is 1. The lowest BCUT2D eigenvalue weighted by Gasteiger charge is -2.29. The normalized spacial score (nSPS) is 18.7. The van der Waals surface area contributed by atoms with Gasteiger partial charge in [0, 0.05) is 31.2 Å². The van der Waals surface area contributed by atoms with Gasteiger partial charge in [0.05, 0.1) is 16.4 Å². The molecule has 0 unspecified atom stereocenters. The van der Waals surface area contributed by atoms with Gasteiger partial charge >= 0.3 is 0 Å². The van der Waals surface area contributed by atoms with Crippen molar-refractivity contribution in [2.75, 3.05) is 18.8 Å². The molecule has 7 heteroatoms. The van der Waals surface area contributed by atoms with E-state index in [9.17, 15) is 0 Å². The zero-order valence-electron chi connectivity index (χ0n) is 23.2. The molecule has 1 saturated carbocycles. The van der Waals surface area contributed by atoms with Crippen molar-refractivity contribution in [1.82, 2.24) is 29.4 Å². The van der Waals surface area contributed by atoms with Crippen molar-refractivity contribution in [3.05, 3.63) is 48.2 Å². The van der Waals surface area contributed by atoms with Crippen LogP contribution < -0.4 is 5.73 Å². The molecule has 1 aliphatic carbocycles. The topological polar surface area (TPSA) is 88.7 Å². The number of rotatable bonds is 9. The van der Waals surface area contributed by atoms with Gasteiger partial charge in [-0.3, -0.25) is 0 Å². The van der Waals surface area contributed by atoms with Gasteiger partial charge in [-0.25, -0.2) is 15.0 Å². The SMILES string of the molecule is CC(C)N(CCCCc1nc2ccc(C(C)(C)C)cc2[nH]1)C[C@@H]1CC[C@H](n2ccc3c(N)ncnc32)C1. The minimum absolute atomic E-state index is 0.150. The number of H-pyrrole nitrogens is 1. The van der Waals surface area contributed by atoms with Crippen LogP contribution in [0.15, 0.2) is 36.8 Å². The highest BCUT2D eigenvalue weighted by Crippen LogP contribution is 2.37. The Morgan fingerprint density at radius 1 is 1.14 bits per heavy atom. The van der Waals surface area contributed by atoms with Crippen LogP contribution in [0.1, 0.15) is 84.2 Å². The average Bonchev–Trinajstić information content (AvgIpc) is 3.57. The molecule has 2 atom stereocenters. The zero-order chi connectivity index (χ0) is 26.2. The standard InChI is InChI=1S/C30H43N7/c1-20(2)36(14-7-6-8-27-34-25-12-10-22(30(3,4)5)17-26(25)35-27)18-21-9-11-23(16-21)37-15-13-24-28(31)32-19-33-29(24)37/h10,12-13,15,17,19-21,23H,6-9,11,14,16,18H2,1-5H3,(H,34,35)(H2,31,32,33)/t21-,23+/m1/s1. The van der Waals surface area contributed by atoms with Crippen LogP contribution in [-0.2, 0) is 11.8 Å². The van der Waals surface area contributed by atoms with Crippen molar-refractivity contribution in [3.8, 4) is 0 Å². The van der Waals surface area contributed by atoms with E-state index in [1.807, 2.05) is 0 Å². The Morgan fingerprint density at radius 2 is 1.97 bits per heavy atom. The molecule has 1 aromatic carbocycles. The first-order valence-electron chi connectivity index (χ1n) is 14.0. The molecule has 3 N–H and O–H groups in total. The zero-order valence-corrected chi connectivity index (χ0v) is 23.2. The van der Waals surface area contributed by atoms with Gasteiger partial charge in [0.25, 0.3) is 0 Å². The molecule has 1 aliphatic rings. The van der Waals surface area contributed by atoms with Crippen LogP contribution in [-0.4, -0.2) is 48.5 Å². The number of fused-ring (bicyclic) bond motifs is 2. The van der Waals surface area contributed by atoms with E-state index >= 15 is 0 Å². The van der Waals surface area contributed by atoms with Crippen molar-refractivity contribution in [2.24, 2.45) is 5.92 Å². The van der Waals surface area contributed by atoms with E-state index in [0.29, 0.717) is 17.9 Å². The summed E-state index contributed by atoms with van der Waals surface area (Å²) in [6, 6.07) is 9.75. The fourth-order valence-electron chi connectivity index (χ4n) is 5.90. The van der Waals surface area contributed by atoms with Gasteiger partial charge in [-0.2, -0.15) is 0 Å². The number of aromatic nitrogens is 5. The Kier molecular flexibility index (Phi) is 7.26. The third kappa shape index (κ3) is 5.66. The summed E-state index contributed by atoms with van der Waals surface area (Å²) in [5.41, 5.74) is 10.8. The van der Waals surface area contributed by atoms with E-state index < -0.39 is 0 Å². The Balaban J connectivity index is 1.13. The van der Waals surface area contributed by atoms with Gasteiger partial charge in [0.15, 0.2) is 0 Å². The maximum Gasteiger partial charge on any atom is 0.145 e. The number of nitrogen functional groups attached to an aromatic ring is 1. The van der Waals surface area contributed by atoms with E-state index in [-0.39, 0.29) is 5.41 Å². The molecule has 5 rings (SSSR count). The van der Waals surface area contributed by atoms with Gasteiger partial charge in [-0.15, -0.1) is 0 Å². The van der Waals surface area contributed by atoms with Gasteiger partial charge < -0.3 is 20.2 Å². The molecule has 3 aromatic heterocycles. The minimum Gasteiger partial charge on any atom is -0.383 e. The molecule has 0 aliphatic heterocycles. The summed E-state index contributed by atoms with van der Waals surface area (Å²) in [5, 5.41) is 0.967. The molecule has 0 bridgehead atoms. The number of hydrogen-bond donors (Lipinski definition) is 2. The number of anilines is 1. The van der Waals surface area contributed by atoms with Crippen LogP contribution in [0.2, 0.25) is 0 Å². The molecule has 0 spiro atoms. The highest BCUT2D eigenvalue weighted by Gasteiger charge is 2.29. The monoisotopic (exact) mass is 501 g/mol. The predicted molar refractivity (Wildman–Crippen MR) is 153 cm³/mol. The second-order valence-corrected chi connectivity index (χ2v) is 12.3. The second-order valence-electron chi connectivity index (χ2n) is 12.3. The van der Waals surface area contributed by atoms with Crippen molar-refractivity contribution >= 4 is 27.9 Å². The Hall–Kier alpha value is -2.93. The summed E-state index contributed by atoms with van der Waals surface area (Å²) in [6.07, 6.45) is 10.7. The molecule has 4 aromatic rings. The Labute approximate surface area is 220 Å². The van der Waals surface area contributed by atoms with Crippen molar-refractivity contribution in [3.63, 3.8) is 0 Å². The minimum atomic E-state index is 0.150. The number of nitrogens with zero attached hydrogens (tertiary/aromatic N) is 5. The first kappa shape index (κ1) is 25.7. The van der Waals surface area contributed by atoms with Gasteiger partial charge in [-0.1, -0.05) is 26.8 Å². The van der Waals surface area contributed by atoms with Crippen molar-refractivity contribution < 1.29 is 0 Å². The molecular weight excluding hydrogens is 458 g/mol. The van der Waals surface area contributed by atoms with Crippen LogP contribution in [0.25, 0.3) is 22.1 Å². The molecule has 0 radical (unpaired) electrons. The van der Waals surface area contributed by atoms with E-state index in [2.05, 4.69) is 89.5 Å². The van der Waals surface area contributed by atoms with Crippen molar-refractivity contribution in [1.29, 1.82) is 0 Å². The summed E-state index contributed by atoms with van der Waals surface area (Å²) in [4.78, 5) is 19.7. The van der Waals surface area contributed by atoms with Gasteiger partial charge in [0.1, 0.15) is 23.6 Å². The smallest absolute Gasteiger partial charge is 0.145 e. The first-order chi connectivity index (χ1) is 17.7. The van der Waals surface area contributed by atoms with E-state index in [1.54, 1.807) is 6.33 Å². The molecule has 1 fully saturated rings. The Bertz CT molecular complexity index is 1340. The highest BCUT2D eigenvalue weighted by molar-refractivity contribution is 5.86.